The molecule has 0 amide bonds. The maximum absolute atomic E-state index is 11.1. The van der Waals surface area contributed by atoms with Crippen LogP contribution in [0.5, 0.6) is 0 Å². The van der Waals surface area contributed by atoms with E-state index in [4.69, 9.17) is 5.11 Å². The number of carboxylic acids is 1. The summed E-state index contributed by atoms with van der Waals surface area (Å²) in [6.45, 7) is 16.7. The molecule has 188 valence electrons. The molecule has 4 rings (SSSR count). The first-order valence-corrected chi connectivity index (χ1v) is 13.9. The molecule has 4 saturated carbocycles. The van der Waals surface area contributed by atoms with Gasteiger partial charge in [-0.2, -0.15) is 0 Å². The number of hydrogen-bond donors (Lipinski definition) is 2. The van der Waals surface area contributed by atoms with E-state index in [1.165, 1.54) is 44.9 Å². The van der Waals surface area contributed by atoms with Crippen molar-refractivity contribution in [2.24, 2.45) is 51.2 Å². The molecule has 3 heteroatoms. The predicted octanol–water partition coefficient (Wildman–Crippen LogP) is 7.48. The second kappa shape index (κ2) is 8.38. The number of aliphatic carboxylic acids is 1. The van der Waals surface area contributed by atoms with Crippen LogP contribution in [0.2, 0.25) is 0 Å². The van der Waals surface area contributed by atoms with Gasteiger partial charge in [0.2, 0.25) is 0 Å². The van der Waals surface area contributed by atoms with E-state index in [1.54, 1.807) is 6.92 Å². The van der Waals surface area contributed by atoms with Crippen LogP contribution in [0, 0.1) is 51.2 Å². The molecule has 0 unspecified atom stereocenters. The van der Waals surface area contributed by atoms with Crippen molar-refractivity contribution in [2.45, 2.75) is 119 Å². The molecule has 0 spiro atoms. The molecule has 0 aliphatic heterocycles. The molecule has 0 radical (unpaired) electrons. The Balaban J connectivity index is 1.54. The van der Waals surface area contributed by atoms with Crippen LogP contribution in [-0.2, 0) is 4.79 Å². The van der Waals surface area contributed by atoms with Gasteiger partial charge in [0.05, 0.1) is 6.10 Å². The molecule has 3 nitrogen and oxygen atoms in total. The summed E-state index contributed by atoms with van der Waals surface area (Å²) in [7, 11) is 0. The lowest BCUT2D eigenvalue weighted by Crippen LogP contribution is -2.61. The van der Waals surface area contributed by atoms with Crippen molar-refractivity contribution in [1.29, 1.82) is 0 Å². The van der Waals surface area contributed by atoms with Gasteiger partial charge in [0.15, 0.2) is 0 Å². The first-order chi connectivity index (χ1) is 15.3. The van der Waals surface area contributed by atoms with E-state index in [0.717, 1.165) is 37.0 Å². The molecule has 9 atom stereocenters. The molecule has 33 heavy (non-hydrogen) atoms. The molecule has 4 fully saturated rings. The van der Waals surface area contributed by atoms with Gasteiger partial charge in [0.25, 0.3) is 0 Å². The lowest BCUT2D eigenvalue weighted by molar-refractivity contribution is -0.200. The second-order valence-corrected chi connectivity index (χ2v) is 14.0. The van der Waals surface area contributed by atoms with Crippen molar-refractivity contribution < 1.29 is 15.0 Å². The van der Waals surface area contributed by atoms with Crippen molar-refractivity contribution in [2.75, 3.05) is 0 Å². The normalized spacial score (nSPS) is 47.9. The second-order valence-electron chi connectivity index (χ2n) is 14.0. The van der Waals surface area contributed by atoms with Gasteiger partial charge in [-0.15, -0.1) is 0 Å². The number of aliphatic hydroxyl groups is 1. The van der Waals surface area contributed by atoms with Gasteiger partial charge >= 0.3 is 5.97 Å². The van der Waals surface area contributed by atoms with Crippen LogP contribution in [0.3, 0.4) is 0 Å². The minimum atomic E-state index is -0.788. The summed E-state index contributed by atoms with van der Waals surface area (Å²) >= 11 is 0. The number of carboxylic acid groups (broad SMARTS) is 1. The Labute approximate surface area is 202 Å². The minimum Gasteiger partial charge on any atom is -0.478 e. The first kappa shape index (κ1) is 25.3. The van der Waals surface area contributed by atoms with E-state index >= 15 is 0 Å². The Morgan fingerprint density at radius 3 is 2.27 bits per heavy atom. The fourth-order valence-corrected chi connectivity index (χ4v) is 10.3. The fraction of sp³-hybridized carbons (Fsp3) is 0.900. The summed E-state index contributed by atoms with van der Waals surface area (Å²) in [5, 5.41) is 20.0. The van der Waals surface area contributed by atoms with Crippen LogP contribution in [0.15, 0.2) is 11.6 Å². The van der Waals surface area contributed by atoms with Gasteiger partial charge in [-0.05, 0) is 122 Å². The van der Waals surface area contributed by atoms with Gasteiger partial charge in [0.1, 0.15) is 0 Å². The third-order valence-electron chi connectivity index (χ3n) is 12.6. The highest BCUT2D eigenvalue weighted by molar-refractivity contribution is 5.85. The summed E-state index contributed by atoms with van der Waals surface area (Å²) in [4.78, 5) is 11.1. The Hall–Kier alpha value is -0.830. The highest BCUT2D eigenvalue weighted by atomic mass is 16.4. The third-order valence-corrected chi connectivity index (χ3v) is 12.6. The molecule has 0 heterocycles. The predicted molar refractivity (Wildman–Crippen MR) is 135 cm³/mol. The summed E-state index contributed by atoms with van der Waals surface area (Å²) < 4.78 is 0. The quantitative estimate of drug-likeness (QED) is 0.420. The molecular formula is C30H50O3. The van der Waals surface area contributed by atoms with Crippen LogP contribution in [0.1, 0.15) is 113 Å². The standard InChI is InChI=1S/C30H50O3/c1-19(9-8-10-20(2)26(32)33)21-13-17-30(7)23-11-12-24-27(3,4)25(31)15-16-28(24,5)22(23)14-18-29(21,30)6/h10,19,21-25,31H,8-9,11-18H2,1-7H3,(H,32,33)/b20-10+/t19-,21+,22-,23+,24+,25+,28-,29+,30-/m1/s1. The number of carbonyl (C=O) groups is 1. The first-order valence-electron chi connectivity index (χ1n) is 13.9. The highest BCUT2D eigenvalue weighted by Gasteiger charge is 2.67. The SMILES string of the molecule is C/C(=C\CC[C@@H](C)[C@@H]1CC[C@]2(C)[C@H]3CC[C@H]4C(C)(C)[C@@H](O)CC[C@]4(C)[C@@H]3CC[C@@]12C)C(=O)O. The van der Waals surface area contributed by atoms with Crippen molar-refractivity contribution in [1.82, 2.24) is 0 Å². The average molecular weight is 459 g/mol. The van der Waals surface area contributed by atoms with Crippen LogP contribution in [-0.4, -0.2) is 22.3 Å². The molecule has 4 aliphatic rings. The average Bonchev–Trinajstić information content (AvgIpc) is 3.02. The molecule has 0 aromatic heterocycles. The van der Waals surface area contributed by atoms with E-state index < -0.39 is 5.97 Å². The van der Waals surface area contributed by atoms with Gasteiger partial charge in [-0.3, -0.25) is 0 Å². The van der Waals surface area contributed by atoms with E-state index in [-0.39, 0.29) is 11.5 Å². The molecular weight excluding hydrogens is 408 g/mol. The minimum absolute atomic E-state index is 0.0357. The van der Waals surface area contributed by atoms with Crippen molar-refractivity contribution >= 4 is 5.97 Å². The van der Waals surface area contributed by atoms with Gasteiger partial charge < -0.3 is 10.2 Å². The monoisotopic (exact) mass is 458 g/mol. The third kappa shape index (κ3) is 3.66. The van der Waals surface area contributed by atoms with Gasteiger partial charge in [-0.1, -0.05) is 47.6 Å². The van der Waals surface area contributed by atoms with Crippen molar-refractivity contribution in [3.8, 4) is 0 Å². The summed E-state index contributed by atoms with van der Waals surface area (Å²) in [6, 6.07) is 0. The fourth-order valence-electron chi connectivity index (χ4n) is 10.3. The Morgan fingerprint density at radius 1 is 0.939 bits per heavy atom. The topological polar surface area (TPSA) is 57.5 Å². The number of rotatable bonds is 5. The van der Waals surface area contributed by atoms with Crippen LogP contribution in [0.25, 0.3) is 0 Å². The zero-order valence-corrected chi connectivity index (χ0v) is 22.4. The largest absolute Gasteiger partial charge is 0.478 e. The van der Waals surface area contributed by atoms with Crippen LogP contribution >= 0.6 is 0 Å². The maximum atomic E-state index is 11.1. The molecule has 0 aromatic rings. The number of fused-ring (bicyclic) bond motifs is 5. The van der Waals surface area contributed by atoms with E-state index in [1.807, 2.05) is 6.08 Å². The van der Waals surface area contributed by atoms with E-state index in [2.05, 4.69) is 41.5 Å². The summed E-state index contributed by atoms with van der Waals surface area (Å²) in [5.74, 6) is 2.86. The molecule has 0 saturated heterocycles. The summed E-state index contributed by atoms with van der Waals surface area (Å²) in [6.07, 6.45) is 14.0. The van der Waals surface area contributed by atoms with Crippen LogP contribution < -0.4 is 0 Å². The number of allylic oxidation sites excluding steroid dienone is 1. The summed E-state index contributed by atoms with van der Waals surface area (Å²) in [5.41, 5.74) is 1.70. The zero-order chi connectivity index (χ0) is 24.4. The van der Waals surface area contributed by atoms with E-state index in [0.29, 0.717) is 33.7 Å². The molecule has 4 aliphatic carbocycles. The molecule has 0 aromatic carbocycles. The Bertz CT molecular complexity index is 798. The lowest BCUT2D eigenvalue weighted by Gasteiger charge is -2.67. The highest BCUT2D eigenvalue weighted by Crippen LogP contribution is 2.74. The number of hydrogen-bond acceptors (Lipinski definition) is 2. The number of aliphatic hydroxyl groups excluding tert-OH is 1. The zero-order valence-electron chi connectivity index (χ0n) is 22.4. The smallest absolute Gasteiger partial charge is 0.330 e. The van der Waals surface area contributed by atoms with Gasteiger partial charge in [-0.25, -0.2) is 4.79 Å². The Morgan fingerprint density at radius 2 is 1.61 bits per heavy atom. The van der Waals surface area contributed by atoms with Crippen LogP contribution in [0.4, 0.5) is 0 Å². The molecule has 0 bridgehead atoms. The van der Waals surface area contributed by atoms with Gasteiger partial charge in [0, 0.05) is 5.57 Å². The van der Waals surface area contributed by atoms with E-state index in [9.17, 15) is 9.90 Å². The van der Waals surface area contributed by atoms with Crippen molar-refractivity contribution in [3.05, 3.63) is 11.6 Å². The Kier molecular flexibility index (Phi) is 6.42. The lowest BCUT2D eigenvalue weighted by atomic mass is 9.38. The molecule has 2 N–H and O–H groups in total. The maximum Gasteiger partial charge on any atom is 0.330 e. The van der Waals surface area contributed by atoms with Crippen molar-refractivity contribution in [3.63, 3.8) is 0 Å².